The van der Waals surface area contributed by atoms with Gasteiger partial charge in [-0.05, 0) is 39.8 Å². The van der Waals surface area contributed by atoms with Gasteiger partial charge in [-0.1, -0.05) is 0 Å². The summed E-state index contributed by atoms with van der Waals surface area (Å²) in [5.74, 6) is -0.919. The Morgan fingerprint density at radius 1 is 1.35 bits per heavy atom. The van der Waals surface area contributed by atoms with E-state index in [0.29, 0.717) is 0 Å². The van der Waals surface area contributed by atoms with Gasteiger partial charge in [0.1, 0.15) is 0 Å². The lowest BCUT2D eigenvalue weighted by molar-refractivity contribution is -0.138. The third-order valence-corrected chi connectivity index (χ3v) is 2.72. The molecule has 0 unspecified atom stereocenters. The quantitative estimate of drug-likeness (QED) is 0.571. The highest BCUT2D eigenvalue weighted by molar-refractivity contribution is 5.76. The number of urea groups is 1. The lowest BCUT2D eigenvalue weighted by atomic mass is 10.0. The van der Waals surface area contributed by atoms with Crippen molar-refractivity contribution < 1.29 is 14.7 Å². The van der Waals surface area contributed by atoms with Gasteiger partial charge in [-0.15, -0.1) is 0 Å². The van der Waals surface area contributed by atoms with Crippen LogP contribution >= 0.6 is 0 Å². The second kappa shape index (κ2) is 5.86. The number of hydrogen-bond acceptors (Lipinski definition) is 3. The third-order valence-electron chi connectivity index (χ3n) is 2.72. The van der Waals surface area contributed by atoms with Gasteiger partial charge in [0.2, 0.25) is 0 Å². The van der Waals surface area contributed by atoms with Crippen LogP contribution in [0.1, 0.15) is 33.1 Å². The Balaban J connectivity index is 2.34. The molecule has 1 rings (SSSR count). The standard InChI is InChI=1S/C11H21N3O3/c1-11(2,7-9(15)16)14-10(17)13-8-3-5-12-6-4-8/h8,12H,3-7H2,1-2H3,(H,15,16)(H2,13,14,17). The molecule has 6 nitrogen and oxygen atoms in total. The third kappa shape index (κ3) is 5.53. The zero-order chi connectivity index (χ0) is 12.9. The van der Waals surface area contributed by atoms with Gasteiger partial charge in [0.15, 0.2) is 0 Å². The molecule has 0 atom stereocenters. The molecule has 0 saturated carbocycles. The summed E-state index contributed by atoms with van der Waals surface area (Å²) in [4.78, 5) is 22.3. The number of aliphatic carboxylic acids is 1. The molecular weight excluding hydrogens is 222 g/mol. The maximum Gasteiger partial charge on any atom is 0.315 e. The lowest BCUT2D eigenvalue weighted by Crippen LogP contribution is -2.53. The molecule has 1 heterocycles. The maximum absolute atomic E-state index is 11.7. The van der Waals surface area contributed by atoms with Crippen LogP contribution in [0.2, 0.25) is 0 Å². The first-order valence-corrected chi connectivity index (χ1v) is 5.90. The van der Waals surface area contributed by atoms with Gasteiger partial charge in [-0.2, -0.15) is 0 Å². The van der Waals surface area contributed by atoms with Crippen LogP contribution in [0.15, 0.2) is 0 Å². The van der Waals surface area contributed by atoms with Crippen LogP contribution < -0.4 is 16.0 Å². The van der Waals surface area contributed by atoms with E-state index in [1.54, 1.807) is 13.8 Å². The molecule has 0 radical (unpaired) electrons. The molecule has 0 spiro atoms. The second-order valence-corrected chi connectivity index (χ2v) is 5.08. The molecule has 6 heteroatoms. The van der Waals surface area contributed by atoms with Crippen LogP contribution in [0.5, 0.6) is 0 Å². The van der Waals surface area contributed by atoms with Crippen LogP contribution in [0.3, 0.4) is 0 Å². The average Bonchev–Trinajstić information content (AvgIpc) is 2.15. The van der Waals surface area contributed by atoms with E-state index in [1.165, 1.54) is 0 Å². The highest BCUT2D eigenvalue weighted by Crippen LogP contribution is 2.08. The summed E-state index contributed by atoms with van der Waals surface area (Å²) in [5, 5.41) is 17.5. The number of carboxylic acid groups (broad SMARTS) is 1. The topological polar surface area (TPSA) is 90.5 Å². The molecule has 1 aliphatic rings. The van der Waals surface area contributed by atoms with E-state index in [4.69, 9.17) is 5.11 Å². The van der Waals surface area contributed by atoms with E-state index in [9.17, 15) is 9.59 Å². The van der Waals surface area contributed by atoms with Crippen LogP contribution in [0.4, 0.5) is 4.79 Å². The number of nitrogens with one attached hydrogen (secondary N) is 3. The van der Waals surface area contributed by atoms with Gasteiger partial charge in [-0.25, -0.2) is 4.79 Å². The number of amides is 2. The average molecular weight is 243 g/mol. The first kappa shape index (κ1) is 13.8. The lowest BCUT2D eigenvalue weighted by Gasteiger charge is -2.28. The van der Waals surface area contributed by atoms with Crippen molar-refractivity contribution in [2.45, 2.75) is 44.7 Å². The van der Waals surface area contributed by atoms with E-state index in [-0.39, 0.29) is 18.5 Å². The summed E-state index contributed by atoms with van der Waals surface area (Å²) in [5.41, 5.74) is -0.733. The number of hydrogen-bond donors (Lipinski definition) is 4. The van der Waals surface area contributed by atoms with Gasteiger partial charge in [0, 0.05) is 11.6 Å². The van der Waals surface area contributed by atoms with E-state index in [0.717, 1.165) is 25.9 Å². The van der Waals surface area contributed by atoms with Crippen molar-refractivity contribution in [3.05, 3.63) is 0 Å². The van der Waals surface area contributed by atoms with Gasteiger partial charge in [0.25, 0.3) is 0 Å². The summed E-state index contributed by atoms with van der Waals surface area (Å²) in [6.45, 7) is 5.21. The predicted octanol–water partition coefficient (Wildman–Crippen LogP) is 0.291. The smallest absolute Gasteiger partial charge is 0.315 e. The van der Waals surface area contributed by atoms with Crippen LogP contribution in [0.25, 0.3) is 0 Å². The molecule has 0 aliphatic carbocycles. The Bertz CT molecular complexity index is 286. The molecule has 0 aromatic carbocycles. The SMILES string of the molecule is CC(C)(CC(=O)O)NC(=O)NC1CCNCC1. The second-order valence-electron chi connectivity index (χ2n) is 5.08. The minimum atomic E-state index is -0.919. The van der Waals surface area contributed by atoms with E-state index in [1.807, 2.05) is 0 Å². The monoisotopic (exact) mass is 243 g/mol. The highest BCUT2D eigenvalue weighted by atomic mass is 16.4. The van der Waals surface area contributed by atoms with Crippen molar-refractivity contribution in [2.75, 3.05) is 13.1 Å². The number of rotatable bonds is 4. The van der Waals surface area contributed by atoms with Crippen LogP contribution in [-0.2, 0) is 4.79 Å². The molecule has 1 saturated heterocycles. The van der Waals surface area contributed by atoms with Crippen molar-refractivity contribution in [1.82, 2.24) is 16.0 Å². The number of carbonyl (C=O) groups is 2. The Labute approximate surface area is 101 Å². The molecule has 0 aromatic heterocycles. The minimum absolute atomic E-state index is 0.0906. The van der Waals surface area contributed by atoms with Crippen molar-refractivity contribution in [3.63, 3.8) is 0 Å². The van der Waals surface area contributed by atoms with Crippen molar-refractivity contribution in [2.24, 2.45) is 0 Å². The Morgan fingerprint density at radius 3 is 2.47 bits per heavy atom. The first-order valence-electron chi connectivity index (χ1n) is 5.90. The van der Waals surface area contributed by atoms with E-state index < -0.39 is 11.5 Å². The van der Waals surface area contributed by atoms with E-state index >= 15 is 0 Å². The van der Waals surface area contributed by atoms with Gasteiger partial charge < -0.3 is 21.1 Å². The predicted molar refractivity (Wildman–Crippen MR) is 63.9 cm³/mol. The van der Waals surface area contributed by atoms with E-state index in [2.05, 4.69) is 16.0 Å². The molecule has 1 fully saturated rings. The zero-order valence-electron chi connectivity index (χ0n) is 10.4. The van der Waals surface area contributed by atoms with Crippen LogP contribution in [-0.4, -0.2) is 41.8 Å². The fraction of sp³-hybridized carbons (Fsp3) is 0.818. The summed E-state index contributed by atoms with van der Waals surface area (Å²) >= 11 is 0. The Morgan fingerprint density at radius 2 is 1.94 bits per heavy atom. The Hall–Kier alpha value is -1.30. The zero-order valence-corrected chi connectivity index (χ0v) is 10.4. The fourth-order valence-electron chi connectivity index (χ4n) is 1.92. The molecular formula is C11H21N3O3. The van der Waals surface area contributed by atoms with Gasteiger partial charge in [-0.3, -0.25) is 4.79 Å². The normalized spacial score (nSPS) is 17.5. The molecule has 0 aromatic rings. The molecule has 2 amide bonds. The largest absolute Gasteiger partial charge is 0.481 e. The van der Waals surface area contributed by atoms with Gasteiger partial charge >= 0.3 is 12.0 Å². The van der Waals surface area contributed by atoms with Gasteiger partial charge in [0.05, 0.1) is 6.42 Å². The number of piperidine rings is 1. The van der Waals surface area contributed by atoms with Crippen molar-refractivity contribution >= 4 is 12.0 Å². The highest BCUT2D eigenvalue weighted by Gasteiger charge is 2.25. The summed E-state index contributed by atoms with van der Waals surface area (Å²) in [7, 11) is 0. The summed E-state index contributed by atoms with van der Waals surface area (Å²) in [6.07, 6.45) is 1.73. The summed E-state index contributed by atoms with van der Waals surface area (Å²) < 4.78 is 0. The first-order chi connectivity index (χ1) is 7.89. The maximum atomic E-state index is 11.7. The molecule has 4 N–H and O–H groups in total. The number of carbonyl (C=O) groups excluding carboxylic acids is 1. The Kier molecular flexibility index (Phi) is 4.74. The minimum Gasteiger partial charge on any atom is -0.481 e. The number of carboxylic acids is 1. The molecule has 98 valence electrons. The molecule has 17 heavy (non-hydrogen) atoms. The van der Waals surface area contributed by atoms with Crippen LogP contribution in [0, 0.1) is 0 Å². The fourth-order valence-corrected chi connectivity index (χ4v) is 1.92. The molecule has 0 bridgehead atoms. The summed E-state index contributed by atoms with van der Waals surface area (Å²) in [6, 6.07) is -0.111. The molecule has 1 aliphatic heterocycles. The van der Waals surface area contributed by atoms with Crippen molar-refractivity contribution in [1.29, 1.82) is 0 Å². The van der Waals surface area contributed by atoms with Crippen molar-refractivity contribution in [3.8, 4) is 0 Å².